The summed E-state index contributed by atoms with van der Waals surface area (Å²) in [5.74, 6) is -1.55. The first-order valence-electron chi connectivity index (χ1n) is 11.6. The molecule has 2 saturated heterocycles. The van der Waals surface area contributed by atoms with E-state index < -0.39 is 18.0 Å². The summed E-state index contributed by atoms with van der Waals surface area (Å²) in [6.45, 7) is 5.99. The Morgan fingerprint density at radius 2 is 2.11 bits per heavy atom. The third-order valence-corrected chi connectivity index (χ3v) is 9.04. The Balaban J connectivity index is 1.13. The number of nitrogens with one attached hydrogen (secondary N) is 1. The van der Waals surface area contributed by atoms with Crippen molar-refractivity contribution in [2.45, 2.75) is 37.8 Å². The molecule has 35 heavy (non-hydrogen) atoms. The number of carbonyl (C=O) groups is 2. The maximum atomic E-state index is 12.5. The molecule has 186 valence electrons. The molecule has 3 aliphatic heterocycles. The molecule has 4 atom stereocenters. The average molecular weight is 516 g/mol. The van der Waals surface area contributed by atoms with Gasteiger partial charge in [0.15, 0.2) is 5.13 Å². The Bertz CT molecular complexity index is 1130. The molecule has 3 aliphatic rings. The van der Waals surface area contributed by atoms with Gasteiger partial charge in [-0.05, 0) is 19.1 Å². The summed E-state index contributed by atoms with van der Waals surface area (Å²) in [5, 5.41) is 28.2. The van der Waals surface area contributed by atoms with Gasteiger partial charge in [0.1, 0.15) is 12.5 Å². The number of β-lactam (4-membered cyclic amide) rings is 1. The second-order valence-electron chi connectivity index (χ2n) is 9.05. The molecular weight excluding hydrogens is 488 g/mol. The number of carbonyl (C=O) groups excluding carboxylic acids is 2. The first-order valence-corrected chi connectivity index (χ1v) is 13.3. The Labute approximate surface area is 211 Å². The van der Waals surface area contributed by atoms with Gasteiger partial charge < -0.3 is 29.5 Å². The van der Waals surface area contributed by atoms with Gasteiger partial charge in [-0.3, -0.25) is 10.1 Å². The predicted molar refractivity (Wildman–Crippen MR) is 131 cm³/mol. The van der Waals surface area contributed by atoms with Gasteiger partial charge in [-0.1, -0.05) is 25.1 Å². The van der Waals surface area contributed by atoms with Gasteiger partial charge in [0.2, 0.25) is 5.91 Å². The van der Waals surface area contributed by atoms with Gasteiger partial charge in [-0.25, -0.2) is 4.98 Å². The van der Waals surface area contributed by atoms with Crippen molar-refractivity contribution in [2.24, 2.45) is 11.8 Å². The highest BCUT2D eigenvalue weighted by Crippen LogP contribution is 2.52. The number of nitrogens with zero attached hydrogens (tertiary/aromatic N) is 3. The molecule has 0 radical (unpaired) electrons. The summed E-state index contributed by atoms with van der Waals surface area (Å²) in [5.41, 5.74) is 0.921. The van der Waals surface area contributed by atoms with E-state index in [0.29, 0.717) is 18.2 Å². The van der Waals surface area contributed by atoms with E-state index in [0.717, 1.165) is 29.7 Å². The zero-order valence-electron chi connectivity index (χ0n) is 19.4. The van der Waals surface area contributed by atoms with Crippen LogP contribution >= 0.6 is 23.1 Å². The number of benzene rings is 1. The quantitative estimate of drug-likeness (QED) is 0.272. The van der Waals surface area contributed by atoms with Gasteiger partial charge in [0.25, 0.3) is 0 Å². The van der Waals surface area contributed by atoms with Crippen molar-refractivity contribution in [3.05, 3.63) is 52.0 Å². The number of para-hydroxylation sites is 1. The minimum absolute atomic E-state index is 0.0202. The van der Waals surface area contributed by atoms with Crippen LogP contribution in [0.4, 0.5) is 5.13 Å². The largest absolute Gasteiger partial charge is 0.543 e. The smallest absolute Gasteiger partial charge is 0.235 e. The monoisotopic (exact) mass is 515 g/mol. The molecule has 9 nitrogen and oxygen atoms in total. The number of aliphatic hydroxyl groups is 1. The van der Waals surface area contributed by atoms with Crippen LogP contribution in [0.2, 0.25) is 0 Å². The number of thiazole rings is 1. The van der Waals surface area contributed by atoms with E-state index in [1.54, 1.807) is 18.3 Å². The highest BCUT2D eigenvalue weighted by atomic mass is 32.2. The number of carboxylic acid groups (broad SMARTS) is 1. The van der Waals surface area contributed by atoms with Crippen molar-refractivity contribution in [2.75, 3.05) is 24.7 Å². The highest BCUT2D eigenvalue weighted by Gasteiger charge is 2.59. The van der Waals surface area contributed by atoms with Crippen molar-refractivity contribution in [3.63, 3.8) is 0 Å². The summed E-state index contributed by atoms with van der Waals surface area (Å²) in [6.07, 6.45) is -0.809. The number of anilines is 1. The molecule has 0 bridgehead atoms. The number of hydrogen-bond donors (Lipinski definition) is 2. The van der Waals surface area contributed by atoms with E-state index in [1.807, 2.05) is 42.6 Å². The van der Waals surface area contributed by atoms with Crippen molar-refractivity contribution in [1.29, 1.82) is 0 Å². The molecule has 1 aromatic carbocycles. The molecule has 0 unspecified atom stereocenters. The van der Waals surface area contributed by atoms with Gasteiger partial charge in [-0.15, -0.1) is 23.1 Å². The highest BCUT2D eigenvalue weighted by molar-refractivity contribution is 8.03. The molecule has 2 aromatic rings. The molecule has 0 spiro atoms. The van der Waals surface area contributed by atoms with Crippen LogP contribution < -0.4 is 20.1 Å². The summed E-state index contributed by atoms with van der Waals surface area (Å²) >= 11 is 3.09. The van der Waals surface area contributed by atoms with Crippen LogP contribution in [0.15, 0.2) is 46.3 Å². The molecule has 4 heterocycles. The molecule has 1 aromatic heterocycles. The van der Waals surface area contributed by atoms with Crippen molar-refractivity contribution in [3.8, 4) is 5.75 Å². The third kappa shape index (κ3) is 4.53. The number of aliphatic hydroxyl groups excluding tert-OH is 1. The third-order valence-electron chi connectivity index (χ3n) is 6.64. The Morgan fingerprint density at radius 3 is 2.80 bits per heavy atom. The van der Waals surface area contributed by atoms with E-state index in [-0.39, 0.29) is 28.8 Å². The standard InChI is InChI=1S/C24H28N4O5S2/c1-13-19-18(14(2)29)22(30)28(19)20(23(31)32)21(13)35-17-9-27(10-17)24-26-15(11-34-24)8-25-12-33-16-6-4-3-5-7-16/h3-7,11,13-14,17-19,25,29H,8-10,12H2,1-2H3,(H,31,32)/p-1/t13-,14-,18-,19-/m1/s1. The van der Waals surface area contributed by atoms with Gasteiger partial charge in [0, 0.05) is 41.1 Å². The summed E-state index contributed by atoms with van der Waals surface area (Å²) in [4.78, 5) is 33.2. The van der Waals surface area contributed by atoms with E-state index >= 15 is 0 Å². The Kier molecular flexibility index (Phi) is 6.75. The van der Waals surface area contributed by atoms with Crippen molar-refractivity contribution in [1.82, 2.24) is 15.2 Å². The van der Waals surface area contributed by atoms with Gasteiger partial charge in [0.05, 0.1) is 35.4 Å². The topological polar surface area (TPSA) is 118 Å². The number of aliphatic carboxylic acids is 1. The summed E-state index contributed by atoms with van der Waals surface area (Å²) in [6, 6.07) is 9.30. The molecule has 2 fully saturated rings. The lowest BCUT2D eigenvalue weighted by molar-refractivity contribution is -0.301. The Morgan fingerprint density at radius 1 is 1.37 bits per heavy atom. The zero-order chi connectivity index (χ0) is 24.7. The van der Waals surface area contributed by atoms with Crippen LogP contribution in [-0.4, -0.2) is 64.1 Å². The molecule has 2 N–H and O–H groups in total. The number of thioether (sulfide) groups is 1. The number of fused-ring (bicyclic) bond motifs is 1. The van der Waals surface area contributed by atoms with Crippen LogP contribution in [0.1, 0.15) is 19.5 Å². The second-order valence-corrected chi connectivity index (χ2v) is 11.2. The number of hydrogen-bond acceptors (Lipinski definition) is 10. The van der Waals surface area contributed by atoms with Crippen LogP contribution in [0.25, 0.3) is 0 Å². The number of amides is 1. The minimum Gasteiger partial charge on any atom is -0.543 e. The van der Waals surface area contributed by atoms with E-state index in [2.05, 4.69) is 10.2 Å². The first-order chi connectivity index (χ1) is 16.8. The van der Waals surface area contributed by atoms with E-state index in [4.69, 9.17) is 9.72 Å². The molecular formula is C24H27N4O5S2-. The van der Waals surface area contributed by atoms with Gasteiger partial charge >= 0.3 is 0 Å². The molecule has 0 saturated carbocycles. The van der Waals surface area contributed by atoms with E-state index in [1.165, 1.54) is 16.7 Å². The number of ether oxygens (including phenoxy) is 1. The molecule has 5 rings (SSSR count). The Hall–Kier alpha value is -2.60. The van der Waals surface area contributed by atoms with Crippen molar-refractivity contribution >= 4 is 40.1 Å². The fourth-order valence-electron chi connectivity index (χ4n) is 4.87. The minimum atomic E-state index is -1.33. The fourth-order valence-corrected chi connectivity index (χ4v) is 7.23. The lowest BCUT2D eigenvalue weighted by Gasteiger charge is -2.47. The number of rotatable bonds is 10. The van der Waals surface area contributed by atoms with E-state index in [9.17, 15) is 19.8 Å². The lowest BCUT2D eigenvalue weighted by Crippen LogP contribution is -2.64. The van der Waals surface area contributed by atoms with Crippen molar-refractivity contribution < 1.29 is 24.5 Å². The average Bonchev–Trinajstić information content (AvgIpc) is 3.35. The van der Waals surface area contributed by atoms with Crippen LogP contribution in [0.5, 0.6) is 5.75 Å². The maximum absolute atomic E-state index is 12.5. The van der Waals surface area contributed by atoms with Crippen LogP contribution in [0, 0.1) is 11.8 Å². The molecule has 0 aliphatic carbocycles. The molecule has 11 heteroatoms. The predicted octanol–water partition coefficient (Wildman–Crippen LogP) is 1.01. The fraction of sp³-hybridized carbons (Fsp3) is 0.458. The maximum Gasteiger partial charge on any atom is 0.235 e. The normalized spacial score (nSPS) is 24.8. The number of carboxylic acids is 1. The van der Waals surface area contributed by atoms with Gasteiger partial charge in [-0.2, -0.15) is 0 Å². The zero-order valence-corrected chi connectivity index (χ0v) is 21.1. The summed E-state index contributed by atoms with van der Waals surface area (Å²) in [7, 11) is 0. The summed E-state index contributed by atoms with van der Waals surface area (Å²) < 4.78 is 5.63. The van der Waals surface area contributed by atoms with Crippen LogP contribution in [-0.2, 0) is 16.1 Å². The van der Waals surface area contributed by atoms with Crippen LogP contribution in [0.3, 0.4) is 0 Å². The lowest BCUT2D eigenvalue weighted by atomic mass is 9.79. The SMILES string of the molecule is C[C@@H](O)[C@H]1C(=O)N2C(C(=O)[O-])=C(SC3CN(c4nc(CNCOc5ccccc5)cs4)C3)[C@H](C)[C@H]12. The molecule has 1 amide bonds. The second kappa shape index (κ2) is 9.81. The number of aromatic nitrogens is 1. The first kappa shape index (κ1) is 24.1.